The van der Waals surface area contributed by atoms with Gasteiger partial charge in [0.25, 0.3) is 5.92 Å². The summed E-state index contributed by atoms with van der Waals surface area (Å²) >= 11 is 0. The number of pyridine rings is 1. The van der Waals surface area contributed by atoms with Gasteiger partial charge in [0.15, 0.2) is 0 Å². The number of alkyl halides is 2. The number of hydrogen-bond acceptors (Lipinski definition) is 2. The molecule has 1 heterocycles. The largest absolute Gasteiger partial charge is 0.481 e. The Kier molecular flexibility index (Phi) is 2.80. The third kappa shape index (κ3) is 2.14. The van der Waals surface area contributed by atoms with E-state index >= 15 is 0 Å². The van der Waals surface area contributed by atoms with Crippen molar-refractivity contribution < 1.29 is 13.5 Å². The molecule has 0 bridgehead atoms. The van der Waals surface area contributed by atoms with Crippen molar-refractivity contribution >= 4 is 0 Å². The van der Waals surface area contributed by atoms with Crippen molar-refractivity contribution in [1.82, 2.24) is 4.98 Å². The molecule has 2 nitrogen and oxygen atoms in total. The highest BCUT2D eigenvalue weighted by atomic mass is 19.3. The Bertz CT molecular complexity index is 271. The van der Waals surface area contributed by atoms with Crippen molar-refractivity contribution in [2.75, 3.05) is 7.11 Å². The van der Waals surface area contributed by atoms with Crippen molar-refractivity contribution in [3.63, 3.8) is 0 Å². The van der Waals surface area contributed by atoms with E-state index in [0.717, 1.165) is 6.20 Å². The SMILES string of the molecule is CCC(F)(F)c1ccc(OC)nc1. The van der Waals surface area contributed by atoms with Crippen LogP contribution < -0.4 is 4.74 Å². The number of nitrogens with zero attached hydrogens (tertiary/aromatic N) is 1. The Morgan fingerprint density at radius 1 is 1.46 bits per heavy atom. The number of hydrogen-bond donors (Lipinski definition) is 0. The fourth-order valence-electron chi connectivity index (χ4n) is 0.922. The Balaban J connectivity index is 2.92. The maximum Gasteiger partial charge on any atom is 0.274 e. The van der Waals surface area contributed by atoms with Crippen LogP contribution in [0, 0.1) is 0 Å². The summed E-state index contributed by atoms with van der Waals surface area (Å²) in [7, 11) is 1.44. The fourth-order valence-corrected chi connectivity index (χ4v) is 0.922. The molecule has 1 aromatic rings. The van der Waals surface area contributed by atoms with Gasteiger partial charge in [-0.3, -0.25) is 0 Å². The van der Waals surface area contributed by atoms with Crippen LogP contribution in [0.2, 0.25) is 0 Å². The Morgan fingerprint density at radius 3 is 2.54 bits per heavy atom. The lowest BCUT2D eigenvalue weighted by Crippen LogP contribution is -2.11. The number of aromatic nitrogens is 1. The summed E-state index contributed by atoms with van der Waals surface area (Å²) < 4.78 is 30.8. The molecule has 0 fully saturated rings. The zero-order chi connectivity index (χ0) is 9.90. The van der Waals surface area contributed by atoms with Crippen LogP contribution in [0.25, 0.3) is 0 Å². The maximum atomic E-state index is 13.0. The topological polar surface area (TPSA) is 22.1 Å². The smallest absolute Gasteiger partial charge is 0.274 e. The van der Waals surface area contributed by atoms with E-state index in [9.17, 15) is 8.78 Å². The molecule has 4 heteroatoms. The third-order valence-electron chi connectivity index (χ3n) is 1.81. The number of halogens is 2. The van der Waals surface area contributed by atoms with E-state index in [0.29, 0.717) is 5.88 Å². The van der Waals surface area contributed by atoms with Crippen molar-refractivity contribution in [2.24, 2.45) is 0 Å². The summed E-state index contributed by atoms with van der Waals surface area (Å²) in [6.45, 7) is 1.43. The Hall–Kier alpha value is -1.19. The molecule has 0 amide bonds. The van der Waals surface area contributed by atoms with Crippen LogP contribution in [-0.4, -0.2) is 12.1 Å². The first-order valence-electron chi connectivity index (χ1n) is 3.98. The van der Waals surface area contributed by atoms with E-state index < -0.39 is 5.92 Å². The van der Waals surface area contributed by atoms with Gasteiger partial charge in [-0.05, 0) is 6.07 Å². The monoisotopic (exact) mass is 187 g/mol. The van der Waals surface area contributed by atoms with Crippen LogP contribution in [0.15, 0.2) is 18.3 Å². The number of ether oxygens (including phenoxy) is 1. The lowest BCUT2D eigenvalue weighted by Gasteiger charge is -2.13. The van der Waals surface area contributed by atoms with Gasteiger partial charge in [0.05, 0.1) is 7.11 Å². The normalized spacial score (nSPS) is 11.4. The first kappa shape index (κ1) is 9.89. The highest BCUT2D eigenvalue weighted by Gasteiger charge is 2.28. The second kappa shape index (κ2) is 3.68. The van der Waals surface area contributed by atoms with E-state index in [1.807, 2.05) is 0 Å². The van der Waals surface area contributed by atoms with Gasteiger partial charge < -0.3 is 4.74 Å². The van der Waals surface area contributed by atoms with Gasteiger partial charge in [0.2, 0.25) is 5.88 Å². The second-order valence-electron chi connectivity index (χ2n) is 2.65. The van der Waals surface area contributed by atoms with E-state index in [-0.39, 0.29) is 12.0 Å². The molecule has 0 N–H and O–H groups in total. The predicted octanol–water partition coefficient (Wildman–Crippen LogP) is 2.59. The predicted molar refractivity (Wildman–Crippen MR) is 45.0 cm³/mol. The molecular formula is C9H11F2NO. The van der Waals surface area contributed by atoms with E-state index in [1.54, 1.807) is 0 Å². The Morgan fingerprint density at radius 2 is 2.15 bits per heavy atom. The minimum absolute atomic E-state index is 0.0733. The summed E-state index contributed by atoms with van der Waals surface area (Å²) in [5.74, 6) is -2.45. The quantitative estimate of drug-likeness (QED) is 0.725. The molecule has 13 heavy (non-hydrogen) atoms. The molecule has 0 spiro atoms. The van der Waals surface area contributed by atoms with E-state index in [4.69, 9.17) is 4.74 Å². The maximum absolute atomic E-state index is 13.0. The van der Waals surface area contributed by atoms with Crippen LogP contribution in [0.3, 0.4) is 0 Å². The summed E-state index contributed by atoms with van der Waals surface area (Å²) in [5, 5.41) is 0. The molecule has 0 aliphatic carbocycles. The molecule has 0 atom stereocenters. The molecule has 0 aliphatic rings. The van der Waals surface area contributed by atoms with Crippen molar-refractivity contribution in [2.45, 2.75) is 19.3 Å². The molecule has 0 saturated heterocycles. The zero-order valence-electron chi connectivity index (χ0n) is 7.55. The molecule has 0 unspecified atom stereocenters. The molecule has 72 valence electrons. The molecule has 0 saturated carbocycles. The lowest BCUT2D eigenvalue weighted by molar-refractivity contribution is -0.00867. The first-order valence-corrected chi connectivity index (χ1v) is 3.98. The van der Waals surface area contributed by atoms with Crippen molar-refractivity contribution in [1.29, 1.82) is 0 Å². The summed E-state index contributed by atoms with van der Waals surface area (Å²) in [4.78, 5) is 3.71. The van der Waals surface area contributed by atoms with Gasteiger partial charge >= 0.3 is 0 Å². The van der Waals surface area contributed by atoms with Gasteiger partial charge in [-0.1, -0.05) is 6.92 Å². The second-order valence-corrected chi connectivity index (χ2v) is 2.65. The third-order valence-corrected chi connectivity index (χ3v) is 1.81. The molecule has 0 aromatic carbocycles. The van der Waals surface area contributed by atoms with Gasteiger partial charge in [-0.25, -0.2) is 13.8 Å². The highest BCUT2D eigenvalue weighted by molar-refractivity contribution is 5.21. The van der Waals surface area contributed by atoms with Crippen molar-refractivity contribution in [3.8, 4) is 5.88 Å². The summed E-state index contributed by atoms with van der Waals surface area (Å²) in [6.07, 6.45) is 0.920. The standard InChI is InChI=1S/C9H11F2NO/c1-3-9(10,11)7-4-5-8(13-2)12-6-7/h4-6H,3H2,1-2H3. The molecule has 1 rings (SSSR count). The average Bonchev–Trinajstić information content (AvgIpc) is 2.18. The average molecular weight is 187 g/mol. The van der Waals surface area contributed by atoms with E-state index in [2.05, 4.69) is 4.98 Å². The minimum Gasteiger partial charge on any atom is -0.481 e. The van der Waals surface area contributed by atoms with E-state index in [1.165, 1.54) is 26.2 Å². The molecule has 0 aliphatic heterocycles. The first-order chi connectivity index (χ1) is 6.10. The van der Waals surface area contributed by atoms with Gasteiger partial charge in [-0.15, -0.1) is 0 Å². The van der Waals surface area contributed by atoms with Gasteiger partial charge in [0.1, 0.15) is 0 Å². The number of rotatable bonds is 3. The molecular weight excluding hydrogens is 176 g/mol. The minimum atomic E-state index is -2.79. The summed E-state index contributed by atoms with van der Waals surface area (Å²) in [5.41, 5.74) is -0.0733. The van der Waals surface area contributed by atoms with Gasteiger partial charge in [-0.2, -0.15) is 0 Å². The lowest BCUT2D eigenvalue weighted by atomic mass is 10.1. The Labute approximate surface area is 75.6 Å². The van der Waals surface area contributed by atoms with Gasteiger partial charge in [0, 0.05) is 24.2 Å². The van der Waals surface area contributed by atoms with Crippen molar-refractivity contribution in [3.05, 3.63) is 23.9 Å². The molecule has 0 radical (unpaired) electrons. The summed E-state index contributed by atoms with van der Waals surface area (Å²) in [6, 6.07) is 2.76. The molecule has 1 aromatic heterocycles. The van der Waals surface area contributed by atoms with Crippen LogP contribution >= 0.6 is 0 Å². The number of methoxy groups -OCH3 is 1. The fraction of sp³-hybridized carbons (Fsp3) is 0.444. The van der Waals surface area contributed by atoms with Crippen LogP contribution in [0.5, 0.6) is 5.88 Å². The highest BCUT2D eigenvalue weighted by Crippen LogP contribution is 2.30. The van der Waals surface area contributed by atoms with Crippen LogP contribution in [0.1, 0.15) is 18.9 Å². The van der Waals surface area contributed by atoms with Crippen LogP contribution in [0.4, 0.5) is 8.78 Å². The zero-order valence-corrected chi connectivity index (χ0v) is 7.55. The van der Waals surface area contributed by atoms with Crippen LogP contribution in [-0.2, 0) is 5.92 Å².